The van der Waals surface area contributed by atoms with Gasteiger partial charge < -0.3 is 10.2 Å². The molecule has 0 radical (unpaired) electrons. The molecule has 1 aromatic carbocycles. The Hall–Kier alpha value is -3.51. The van der Waals surface area contributed by atoms with Crippen LogP contribution in [0.5, 0.6) is 0 Å². The number of amides is 2. The summed E-state index contributed by atoms with van der Waals surface area (Å²) in [6.45, 7) is 8.38. The monoisotopic (exact) mass is 484 g/mol. The van der Waals surface area contributed by atoms with Crippen LogP contribution in [0.25, 0.3) is 0 Å². The van der Waals surface area contributed by atoms with Crippen molar-refractivity contribution in [3.63, 3.8) is 0 Å². The second-order valence-corrected chi connectivity index (χ2v) is 9.57. The van der Waals surface area contributed by atoms with E-state index in [0.717, 1.165) is 48.2 Å². The summed E-state index contributed by atoms with van der Waals surface area (Å²) < 4.78 is 0. The summed E-state index contributed by atoms with van der Waals surface area (Å²) in [5.41, 5.74) is 4.13. The number of benzene rings is 1. The average Bonchev–Trinajstić information content (AvgIpc) is 3.17. The first-order valence-electron chi connectivity index (χ1n) is 12.9. The van der Waals surface area contributed by atoms with E-state index in [1.165, 1.54) is 6.42 Å². The summed E-state index contributed by atoms with van der Waals surface area (Å²) in [5, 5.41) is 3.22. The number of hydrogen-bond donors (Lipinski definition) is 1. The Labute approximate surface area is 214 Å². The van der Waals surface area contributed by atoms with Crippen molar-refractivity contribution >= 4 is 17.5 Å². The molecule has 1 saturated carbocycles. The standard InChI is InChI=1S/C30H36N4O2/c1-4-12-25(19-22(2)3)34(28(35)21-31-20-23-13-10-11-18-32-23)29-26-16-8-9-17-27(26)33(30(29)36)24-14-6-5-7-15-24/h4,8-13,16-19,24,29,31H,2,5-7,14-15,20-21H2,1,3H3/b12-4-,25-19+. The number of pyridine rings is 1. The van der Waals surface area contributed by atoms with E-state index in [-0.39, 0.29) is 24.4 Å². The maximum absolute atomic E-state index is 14.1. The summed E-state index contributed by atoms with van der Waals surface area (Å²) in [4.78, 5) is 35.9. The third kappa shape index (κ3) is 5.65. The molecule has 1 aliphatic carbocycles. The van der Waals surface area contributed by atoms with Crippen LogP contribution in [0.15, 0.2) is 84.7 Å². The van der Waals surface area contributed by atoms with Crippen LogP contribution in [0.1, 0.15) is 63.3 Å². The van der Waals surface area contributed by atoms with Crippen molar-refractivity contribution < 1.29 is 9.59 Å². The van der Waals surface area contributed by atoms with Crippen LogP contribution in [-0.4, -0.2) is 34.3 Å². The first-order chi connectivity index (χ1) is 17.5. The number of carbonyl (C=O) groups is 2. The lowest BCUT2D eigenvalue weighted by Crippen LogP contribution is -2.46. The van der Waals surface area contributed by atoms with E-state index in [9.17, 15) is 9.59 Å². The summed E-state index contributed by atoms with van der Waals surface area (Å²) in [7, 11) is 0. The average molecular weight is 485 g/mol. The largest absolute Gasteiger partial charge is 0.307 e. The molecule has 1 atom stereocenters. The quantitative estimate of drug-likeness (QED) is 0.480. The van der Waals surface area contributed by atoms with E-state index in [1.54, 1.807) is 11.1 Å². The molecule has 1 unspecified atom stereocenters. The number of fused-ring (bicyclic) bond motifs is 1. The van der Waals surface area contributed by atoms with Crippen LogP contribution in [0.4, 0.5) is 5.69 Å². The molecule has 2 heterocycles. The third-order valence-corrected chi connectivity index (χ3v) is 6.75. The van der Waals surface area contributed by atoms with Gasteiger partial charge in [0, 0.05) is 35.7 Å². The minimum absolute atomic E-state index is 0.0294. The first-order valence-corrected chi connectivity index (χ1v) is 12.9. The maximum atomic E-state index is 14.1. The van der Waals surface area contributed by atoms with Crippen LogP contribution >= 0.6 is 0 Å². The highest BCUT2D eigenvalue weighted by molar-refractivity contribution is 6.07. The normalized spacial score (nSPS) is 18.5. The molecule has 6 heteroatoms. The molecular weight excluding hydrogens is 448 g/mol. The fourth-order valence-electron chi connectivity index (χ4n) is 5.23. The Balaban J connectivity index is 1.69. The SMILES string of the molecule is C=C(C)/C=C(\C=C/C)N(C(=O)CNCc1ccccn1)C1C(=O)N(C2CCCCC2)c2ccccc21. The van der Waals surface area contributed by atoms with E-state index < -0.39 is 6.04 Å². The van der Waals surface area contributed by atoms with Gasteiger partial charge in [0.1, 0.15) is 6.04 Å². The van der Waals surface area contributed by atoms with Gasteiger partial charge in [-0.05, 0) is 57.0 Å². The van der Waals surface area contributed by atoms with Crippen molar-refractivity contribution in [3.8, 4) is 0 Å². The molecule has 0 bridgehead atoms. The molecule has 4 rings (SSSR count). The van der Waals surface area contributed by atoms with Gasteiger partial charge in [-0.15, -0.1) is 0 Å². The summed E-state index contributed by atoms with van der Waals surface area (Å²) in [6, 6.07) is 13.1. The zero-order chi connectivity index (χ0) is 25.5. The molecule has 2 aliphatic rings. The Bertz CT molecular complexity index is 1150. The molecule has 2 amide bonds. The number of hydrogen-bond acceptors (Lipinski definition) is 4. The van der Waals surface area contributed by atoms with Crippen molar-refractivity contribution in [2.75, 3.05) is 11.4 Å². The Kier molecular flexibility index (Phi) is 8.49. The smallest absolute Gasteiger partial charge is 0.255 e. The molecule has 1 aliphatic heterocycles. The number of aromatic nitrogens is 1. The maximum Gasteiger partial charge on any atom is 0.255 e. The van der Waals surface area contributed by atoms with Gasteiger partial charge >= 0.3 is 0 Å². The molecule has 6 nitrogen and oxygen atoms in total. The van der Waals surface area contributed by atoms with Crippen LogP contribution in [0.3, 0.4) is 0 Å². The van der Waals surface area contributed by atoms with Crippen LogP contribution in [-0.2, 0) is 16.1 Å². The highest BCUT2D eigenvalue weighted by Crippen LogP contribution is 2.44. The van der Waals surface area contributed by atoms with Crippen molar-refractivity contribution in [2.45, 2.75) is 64.6 Å². The first kappa shape index (κ1) is 25.6. The van der Waals surface area contributed by atoms with Crippen molar-refractivity contribution in [1.82, 2.24) is 15.2 Å². The Morgan fingerprint density at radius 2 is 1.92 bits per heavy atom. The lowest BCUT2D eigenvalue weighted by Gasteiger charge is -2.34. The highest BCUT2D eigenvalue weighted by Gasteiger charge is 2.45. The Morgan fingerprint density at radius 3 is 2.61 bits per heavy atom. The minimum Gasteiger partial charge on any atom is -0.307 e. The minimum atomic E-state index is -0.714. The number of allylic oxidation sites excluding steroid dienone is 4. The second-order valence-electron chi connectivity index (χ2n) is 9.57. The number of nitrogens with zero attached hydrogens (tertiary/aromatic N) is 3. The zero-order valence-electron chi connectivity index (χ0n) is 21.3. The lowest BCUT2D eigenvalue weighted by molar-refractivity contribution is -0.136. The van der Waals surface area contributed by atoms with Crippen LogP contribution < -0.4 is 10.2 Å². The molecule has 1 aromatic heterocycles. The number of para-hydroxylation sites is 1. The topological polar surface area (TPSA) is 65.5 Å². The Morgan fingerprint density at radius 1 is 1.17 bits per heavy atom. The lowest BCUT2D eigenvalue weighted by atomic mass is 9.94. The fraction of sp³-hybridized carbons (Fsp3) is 0.367. The molecule has 1 N–H and O–H groups in total. The van der Waals surface area contributed by atoms with Gasteiger partial charge in [-0.3, -0.25) is 19.5 Å². The molecule has 0 spiro atoms. The van der Waals surface area contributed by atoms with Gasteiger partial charge in [-0.25, -0.2) is 0 Å². The summed E-state index contributed by atoms with van der Waals surface area (Å²) >= 11 is 0. The molecule has 36 heavy (non-hydrogen) atoms. The van der Waals surface area contributed by atoms with Crippen molar-refractivity contribution in [1.29, 1.82) is 0 Å². The van der Waals surface area contributed by atoms with Gasteiger partial charge in [-0.1, -0.05) is 61.8 Å². The van der Waals surface area contributed by atoms with Crippen molar-refractivity contribution in [3.05, 3.63) is 96.0 Å². The summed E-state index contributed by atoms with van der Waals surface area (Å²) in [5.74, 6) is -0.200. The zero-order valence-corrected chi connectivity index (χ0v) is 21.3. The van der Waals surface area contributed by atoms with E-state index in [1.807, 2.05) is 79.4 Å². The van der Waals surface area contributed by atoms with Crippen LogP contribution in [0.2, 0.25) is 0 Å². The van der Waals surface area contributed by atoms with Gasteiger partial charge in [0.2, 0.25) is 5.91 Å². The highest BCUT2D eigenvalue weighted by atomic mass is 16.2. The van der Waals surface area contributed by atoms with Crippen LogP contribution in [0, 0.1) is 0 Å². The number of carbonyl (C=O) groups excluding carboxylic acids is 2. The van der Waals surface area contributed by atoms with Gasteiger partial charge in [0.15, 0.2) is 0 Å². The van der Waals surface area contributed by atoms with Gasteiger partial charge in [-0.2, -0.15) is 0 Å². The van der Waals surface area contributed by atoms with E-state index in [4.69, 9.17) is 0 Å². The van der Waals surface area contributed by atoms with Gasteiger partial charge in [0.25, 0.3) is 5.91 Å². The fourth-order valence-corrected chi connectivity index (χ4v) is 5.23. The second kappa shape index (κ2) is 12.0. The summed E-state index contributed by atoms with van der Waals surface area (Å²) in [6.07, 6.45) is 12.8. The molecule has 0 saturated heterocycles. The molecule has 1 fully saturated rings. The van der Waals surface area contributed by atoms with Gasteiger partial charge in [0.05, 0.1) is 12.2 Å². The molecule has 2 aromatic rings. The molecule has 188 valence electrons. The number of rotatable bonds is 9. The predicted octanol–water partition coefficient (Wildman–Crippen LogP) is 5.46. The number of nitrogens with one attached hydrogen (secondary N) is 1. The van der Waals surface area contributed by atoms with E-state index in [0.29, 0.717) is 12.2 Å². The molecular formula is C30H36N4O2. The van der Waals surface area contributed by atoms with E-state index >= 15 is 0 Å². The number of anilines is 1. The van der Waals surface area contributed by atoms with Crippen molar-refractivity contribution in [2.24, 2.45) is 0 Å². The third-order valence-electron chi connectivity index (χ3n) is 6.75. The predicted molar refractivity (Wildman–Crippen MR) is 144 cm³/mol. The van der Waals surface area contributed by atoms with E-state index in [2.05, 4.69) is 16.9 Å².